The molecule has 0 amide bonds. The van der Waals surface area contributed by atoms with E-state index in [4.69, 9.17) is 18.7 Å². The van der Waals surface area contributed by atoms with E-state index in [1.165, 1.54) is 0 Å². The van der Waals surface area contributed by atoms with E-state index in [0.717, 1.165) is 0 Å². The first-order valence-electron chi connectivity index (χ1n) is 5.73. The van der Waals surface area contributed by atoms with Gasteiger partial charge < -0.3 is 18.7 Å². The van der Waals surface area contributed by atoms with E-state index in [1.54, 1.807) is 13.2 Å². The Kier molecular flexibility index (Phi) is 3.77. The topological polar surface area (TPSA) is 49.8 Å². The largest absolute Gasteiger partial charge is 1.00 e. The van der Waals surface area contributed by atoms with E-state index in [2.05, 4.69) is 11.9 Å². The Morgan fingerprint density at radius 2 is 1.83 bits per heavy atom. The number of hydrogen-bond acceptors (Lipinski definition) is 5. The van der Waals surface area contributed by atoms with Crippen LogP contribution in [0.15, 0.2) is 18.2 Å². The number of pyridine rings is 1. The molecule has 3 aliphatic rings. The first-order chi connectivity index (χ1) is 8.16. The van der Waals surface area contributed by atoms with Gasteiger partial charge in [-0.15, -0.1) is 0 Å². The van der Waals surface area contributed by atoms with Crippen molar-refractivity contribution in [3.8, 4) is 5.88 Å². The Labute approximate surface area is 118 Å². The first kappa shape index (κ1) is 13.9. The van der Waals surface area contributed by atoms with Crippen molar-refractivity contribution >= 4 is 12.3 Å². The third-order valence-corrected chi connectivity index (χ3v) is 3.27. The number of hydrogen-bond donors (Lipinski definition) is 0. The third kappa shape index (κ3) is 2.20. The Hall–Kier alpha value is -0.508. The van der Waals surface area contributed by atoms with E-state index in [9.17, 15) is 0 Å². The average molecular weight is 243 g/mol. The van der Waals surface area contributed by atoms with Crippen LogP contribution in [0.25, 0.3) is 0 Å². The number of aromatic nitrogens is 1. The second kappa shape index (κ2) is 4.88. The predicted octanol–water partition coefficient (Wildman–Crippen LogP) is -2.68. The van der Waals surface area contributed by atoms with Crippen LogP contribution in [0, 0.1) is 5.41 Å². The van der Waals surface area contributed by atoms with Gasteiger partial charge in [0.25, 0.3) is 0 Å². The zero-order chi connectivity index (χ0) is 11.9. The summed E-state index contributed by atoms with van der Waals surface area (Å²) in [5.74, 6) is 0.536. The molecule has 5 nitrogen and oxygen atoms in total. The first-order valence-corrected chi connectivity index (χ1v) is 5.73. The number of rotatable bonds is 2. The van der Waals surface area contributed by atoms with E-state index in [1.807, 2.05) is 12.1 Å². The molecular weight excluding hydrogens is 228 g/mol. The molecule has 92 valence electrons. The van der Waals surface area contributed by atoms with Crippen LogP contribution in [0.4, 0.5) is 0 Å². The molecule has 0 radical (unpaired) electrons. The second-order valence-corrected chi connectivity index (χ2v) is 4.99. The summed E-state index contributed by atoms with van der Waals surface area (Å²) >= 11 is 0. The van der Waals surface area contributed by atoms with Gasteiger partial charge in [0.15, 0.2) is 0 Å². The van der Waals surface area contributed by atoms with Gasteiger partial charge in [0.05, 0.1) is 7.11 Å². The van der Waals surface area contributed by atoms with Gasteiger partial charge in [0.2, 0.25) is 5.88 Å². The fourth-order valence-corrected chi connectivity index (χ4v) is 2.20. The summed E-state index contributed by atoms with van der Waals surface area (Å²) in [5.41, 5.74) is 0.633. The van der Waals surface area contributed by atoms with Crippen molar-refractivity contribution in [2.45, 2.75) is 6.92 Å². The molecule has 18 heavy (non-hydrogen) atoms. The molecule has 0 N–H and O–H groups in total. The molecule has 0 unspecified atom stereocenters. The quantitative estimate of drug-likeness (QED) is 0.530. The van der Waals surface area contributed by atoms with Crippen molar-refractivity contribution in [2.24, 2.45) is 5.41 Å². The fraction of sp³-hybridized carbons (Fsp3) is 0.545. The van der Waals surface area contributed by atoms with Crippen molar-refractivity contribution in [3.63, 3.8) is 0 Å². The van der Waals surface area contributed by atoms with Crippen molar-refractivity contribution in [3.05, 3.63) is 18.2 Å². The molecule has 3 fully saturated rings. The molecule has 0 aromatic carbocycles. The summed E-state index contributed by atoms with van der Waals surface area (Å²) in [7, 11) is 1.58. The normalized spacial score (nSPS) is 33.9. The van der Waals surface area contributed by atoms with Crippen molar-refractivity contribution in [1.29, 1.82) is 0 Å². The van der Waals surface area contributed by atoms with Crippen LogP contribution in [0.1, 0.15) is 6.92 Å². The third-order valence-electron chi connectivity index (χ3n) is 3.27. The van der Waals surface area contributed by atoms with Gasteiger partial charge >= 0.3 is 25.6 Å². The Bertz CT molecular complexity index is 420. The number of ether oxygens (including phenoxy) is 1. The zero-order valence-corrected chi connectivity index (χ0v) is 11.0. The summed E-state index contributed by atoms with van der Waals surface area (Å²) in [4.78, 5) is 4.34. The van der Waals surface area contributed by atoms with E-state index in [0.29, 0.717) is 31.3 Å². The molecular formula is C11H15BLiNO4. The van der Waals surface area contributed by atoms with Crippen LogP contribution in [0.3, 0.4) is 0 Å². The maximum absolute atomic E-state index is 5.75. The standard InChI is InChI=1S/C11H15BNO4.Li/c1-11-6-15-12(16-7-11,17-8-11)9-4-3-5-10(13-9)14-2;/h3-5H,6-8H2,1-2H3;/q-1;+1. The van der Waals surface area contributed by atoms with Crippen LogP contribution in [-0.4, -0.2) is 38.7 Å². The molecule has 0 aliphatic carbocycles. The van der Waals surface area contributed by atoms with Crippen LogP contribution in [0.5, 0.6) is 5.88 Å². The molecule has 1 aromatic rings. The molecule has 0 saturated carbocycles. The molecule has 3 saturated heterocycles. The molecule has 3 aliphatic heterocycles. The molecule has 4 rings (SSSR count). The van der Waals surface area contributed by atoms with Crippen molar-refractivity contribution in [1.82, 2.24) is 4.98 Å². The molecule has 1 aromatic heterocycles. The van der Waals surface area contributed by atoms with E-state index < -0.39 is 6.75 Å². The Morgan fingerprint density at radius 1 is 1.22 bits per heavy atom. The Morgan fingerprint density at radius 3 is 2.39 bits per heavy atom. The summed E-state index contributed by atoms with van der Waals surface area (Å²) < 4.78 is 22.4. The number of methoxy groups -OCH3 is 1. The zero-order valence-electron chi connectivity index (χ0n) is 11.0. The summed E-state index contributed by atoms with van der Waals surface area (Å²) in [5, 5.41) is 0. The van der Waals surface area contributed by atoms with E-state index in [-0.39, 0.29) is 24.3 Å². The van der Waals surface area contributed by atoms with Gasteiger partial charge in [-0.3, -0.25) is 4.98 Å². The maximum Gasteiger partial charge on any atom is 1.00 e. The minimum atomic E-state index is -1.87. The minimum absolute atomic E-state index is 0. The summed E-state index contributed by atoms with van der Waals surface area (Å²) in [6, 6.07) is 5.48. The molecule has 4 heterocycles. The van der Waals surface area contributed by atoms with Crippen molar-refractivity contribution in [2.75, 3.05) is 26.9 Å². The van der Waals surface area contributed by atoms with Crippen LogP contribution in [0.2, 0.25) is 0 Å². The monoisotopic (exact) mass is 243 g/mol. The summed E-state index contributed by atoms with van der Waals surface area (Å²) in [6.45, 7) is 2.15. The minimum Gasteiger partial charge on any atom is -0.539 e. The molecule has 2 bridgehead atoms. The van der Waals surface area contributed by atoms with Crippen LogP contribution < -0.4 is 29.2 Å². The maximum atomic E-state index is 5.75. The molecule has 0 spiro atoms. The van der Waals surface area contributed by atoms with Gasteiger partial charge in [0.1, 0.15) is 0 Å². The van der Waals surface area contributed by atoms with E-state index >= 15 is 0 Å². The number of fused-ring (bicyclic) bond motifs is 3. The predicted molar refractivity (Wildman–Crippen MR) is 62.1 cm³/mol. The smallest absolute Gasteiger partial charge is 0.539 e. The molecule has 7 heteroatoms. The van der Waals surface area contributed by atoms with Crippen LogP contribution >= 0.6 is 0 Å². The van der Waals surface area contributed by atoms with Gasteiger partial charge in [-0.05, 0) is 5.59 Å². The fourth-order valence-electron chi connectivity index (χ4n) is 2.20. The number of nitrogens with zero attached hydrogens (tertiary/aromatic N) is 1. The van der Waals surface area contributed by atoms with Gasteiger partial charge in [-0.25, -0.2) is 0 Å². The van der Waals surface area contributed by atoms with Gasteiger partial charge in [0, 0.05) is 31.3 Å². The Balaban J connectivity index is 0.00000120. The SMILES string of the molecule is COc1cccc([B-]23OCC(C)(CO2)CO3)n1.[Li+]. The van der Waals surface area contributed by atoms with Crippen molar-refractivity contribution < 1.29 is 37.6 Å². The van der Waals surface area contributed by atoms with Gasteiger partial charge in [-0.1, -0.05) is 19.1 Å². The average Bonchev–Trinajstić information content (AvgIpc) is 2.40. The molecule has 0 atom stereocenters. The second-order valence-electron chi connectivity index (χ2n) is 4.99. The summed E-state index contributed by atoms with van der Waals surface area (Å²) in [6.07, 6.45) is 0. The van der Waals surface area contributed by atoms with Gasteiger partial charge in [-0.2, -0.15) is 0 Å². The van der Waals surface area contributed by atoms with Crippen LogP contribution in [-0.2, 0) is 14.0 Å².